The van der Waals surface area contributed by atoms with Crippen molar-refractivity contribution in [3.63, 3.8) is 0 Å². The molecule has 2 heterocycles. The molecular formula is C21H21Cl3N3O9P. The van der Waals surface area contributed by atoms with E-state index in [4.69, 9.17) is 54.1 Å². The van der Waals surface area contributed by atoms with Gasteiger partial charge in [0.25, 0.3) is 5.91 Å². The summed E-state index contributed by atoms with van der Waals surface area (Å²) in [6, 6.07) is 4.09. The number of aliphatic hydroxyl groups is 1. The molecule has 0 aliphatic carbocycles. The summed E-state index contributed by atoms with van der Waals surface area (Å²) in [5, 5.41) is 12.0. The number of amides is 1. The standard InChI is InChI=1S/C21H21Cl3N3O9P/c1-10-5-15(29)17-19(14(24)8-26-21(17)36-16(9-28)20(30)25-2)27(10)18-12(22)6-11(7-13(18)23)34-3-4-35-37(31,32)33/h5-8,16,28H,3-4,9H2,1-2H3,(H,25,30)(H2,31,32,33)/t16-/m0/s1. The minimum Gasteiger partial charge on any atom is -0.491 e. The second-order valence-electron chi connectivity index (χ2n) is 7.43. The number of halogens is 3. The maximum Gasteiger partial charge on any atom is 0.469 e. The van der Waals surface area contributed by atoms with Crippen LogP contribution in [-0.2, 0) is 13.9 Å². The second kappa shape index (κ2) is 12.0. The maximum absolute atomic E-state index is 13.0. The van der Waals surface area contributed by atoms with Gasteiger partial charge in [-0.1, -0.05) is 34.8 Å². The van der Waals surface area contributed by atoms with Crippen LogP contribution in [0.4, 0.5) is 0 Å². The molecule has 0 radical (unpaired) electrons. The van der Waals surface area contributed by atoms with E-state index in [1.54, 1.807) is 6.92 Å². The summed E-state index contributed by atoms with van der Waals surface area (Å²) in [6.07, 6.45) is -0.123. The van der Waals surface area contributed by atoms with E-state index in [0.29, 0.717) is 5.69 Å². The topological polar surface area (TPSA) is 169 Å². The van der Waals surface area contributed by atoms with Crippen molar-refractivity contribution >= 4 is 59.4 Å². The number of ether oxygens (including phenoxy) is 2. The van der Waals surface area contributed by atoms with Crippen LogP contribution in [0.5, 0.6) is 11.6 Å². The van der Waals surface area contributed by atoms with Gasteiger partial charge in [-0.15, -0.1) is 0 Å². The monoisotopic (exact) mass is 595 g/mol. The average Bonchev–Trinajstić information content (AvgIpc) is 2.81. The molecule has 0 bridgehead atoms. The Bertz CT molecular complexity index is 1420. The number of carbonyl (C=O) groups excluding carboxylic acids is 1. The molecule has 1 aromatic carbocycles. The van der Waals surface area contributed by atoms with Crippen molar-refractivity contribution < 1.29 is 38.3 Å². The molecule has 37 heavy (non-hydrogen) atoms. The molecule has 3 aromatic rings. The lowest BCUT2D eigenvalue weighted by Gasteiger charge is -2.21. The molecule has 0 aliphatic heterocycles. The molecule has 3 rings (SSSR count). The minimum atomic E-state index is -4.64. The van der Waals surface area contributed by atoms with Gasteiger partial charge in [0.05, 0.1) is 45.7 Å². The van der Waals surface area contributed by atoms with E-state index in [0.717, 1.165) is 0 Å². The number of aromatic nitrogens is 2. The highest BCUT2D eigenvalue weighted by Gasteiger charge is 2.25. The van der Waals surface area contributed by atoms with Crippen LogP contribution >= 0.6 is 42.6 Å². The highest BCUT2D eigenvalue weighted by atomic mass is 35.5. The van der Waals surface area contributed by atoms with Crippen molar-refractivity contribution in [2.75, 3.05) is 26.9 Å². The Kier molecular flexibility index (Phi) is 9.43. The van der Waals surface area contributed by atoms with Gasteiger partial charge in [-0.2, -0.15) is 0 Å². The number of carbonyl (C=O) groups is 1. The predicted molar refractivity (Wildman–Crippen MR) is 136 cm³/mol. The van der Waals surface area contributed by atoms with Crippen molar-refractivity contribution in [1.82, 2.24) is 14.9 Å². The number of likely N-dealkylation sites (N-methyl/N-ethyl adjacent to an activating group) is 1. The lowest BCUT2D eigenvalue weighted by atomic mass is 10.1. The number of hydrogen-bond acceptors (Lipinski definition) is 8. The Hall–Kier alpha value is -2.41. The number of rotatable bonds is 10. The van der Waals surface area contributed by atoms with Crippen LogP contribution in [0, 0.1) is 6.92 Å². The molecule has 0 saturated carbocycles. The number of pyridine rings is 2. The van der Waals surface area contributed by atoms with E-state index in [9.17, 15) is 19.3 Å². The van der Waals surface area contributed by atoms with Crippen LogP contribution in [0.15, 0.2) is 29.2 Å². The highest BCUT2D eigenvalue weighted by Crippen LogP contribution is 2.39. The Morgan fingerprint density at radius 3 is 2.38 bits per heavy atom. The SMILES string of the molecule is CNC(=O)[C@H](CO)Oc1ncc(Cl)c2c1c(=O)cc(C)n2-c1c(Cl)cc(OCCOP(=O)(O)O)cc1Cl. The van der Waals surface area contributed by atoms with E-state index in [1.807, 2.05) is 0 Å². The molecule has 1 atom stereocenters. The molecule has 200 valence electrons. The van der Waals surface area contributed by atoms with Crippen LogP contribution in [0.25, 0.3) is 16.6 Å². The average molecular weight is 597 g/mol. The van der Waals surface area contributed by atoms with Crippen LogP contribution in [0.2, 0.25) is 15.1 Å². The summed E-state index contributed by atoms with van der Waals surface area (Å²) in [5.41, 5.74) is 0.250. The zero-order valence-corrected chi connectivity index (χ0v) is 22.4. The van der Waals surface area contributed by atoms with Gasteiger partial charge in [0.15, 0.2) is 5.43 Å². The fourth-order valence-corrected chi connectivity index (χ4v) is 4.58. The van der Waals surface area contributed by atoms with E-state index >= 15 is 0 Å². The van der Waals surface area contributed by atoms with Crippen molar-refractivity contribution in [2.24, 2.45) is 0 Å². The Morgan fingerprint density at radius 1 is 1.16 bits per heavy atom. The first-order valence-corrected chi connectivity index (χ1v) is 13.1. The Balaban J connectivity index is 2.12. The Morgan fingerprint density at radius 2 is 1.81 bits per heavy atom. The highest BCUT2D eigenvalue weighted by molar-refractivity contribution is 7.46. The third-order valence-corrected chi connectivity index (χ3v) is 6.29. The number of aliphatic hydroxyl groups excluding tert-OH is 1. The van der Waals surface area contributed by atoms with Crippen LogP contribution in [-0.4, -0.2) is 63.3 Å². The number of benzene rings is 1. The number of nitrogens with zero attached hydrogens (tertiary/aromatic N) is 2. The smallest absolute Gasteiger partial charge is 0.469 e. The normalized spacial score (nSPS) is 12.4. The number of nitrogens with one attached hydrogen (secondary N) is 1. The van der Waals surface area contributed by atoms with Crippen LogP contribution in [0.3, 0.4) is 0 Å². The first kappa shape index (κ1) is 29.2. The van der Waals surface area contributed by atoms with Gasteiger partial charge in [-0.05, 0) is 6.92 Å². The lowest BCUT2D eigenvalue weighted by molar-refractivity contribution is -0.129. The molecule has 0 unspecified atom stereocenters. The van der Waals surface area contributed by atoms with E-state index in [1.165, 1.54) is 36.0 Å². The predicted octanol–water partition coefficient (Wildman–Crippen LogP) is 2.63. The van der Waals surface area contributed by atoms with Crippen molar-refractivity contribution in [1.29, 1.82) is 0 Å². The summed E-state index contributed by atoms with van der Waals surface area (Å²) in [7, 11) is -3.28. The summed E-state index contributed by atoms with van der Waals surface area (Å²) in [5.74, 6) is -0.685. The first-order valence-electron chi connectivity index (χ1n) is 10.4. The molecular weight excluding hydrogens is 576 g/mol. The van der Waals surface area contributed by atoms with Gasteiger partial charge >= 0.3 is 7.82 Å². The molecule has 2 aromatic heterocycles. The van der Waals surface area contributed by atoms with Crippen LogP contribution in [0.1, 0.15) is 5.69 Å². The van der Waals surface area contributed by atoms with Gasteiger partial charge in [-0.3, -0.25) is 14.1 Å². The third kappa shape index (κ3) is 6.73. The zero-order chi connectivity index (χ0) is 27.5. The molecule has 0 fully saturated rings. The summed E-state index contributed by atoms with van der Waals surface area (Å²) in [4.78, 5) is 46.6. The maximum atomic E-state index is 13.0. The molecule has 0 spiro atoms. The van der Waals surface area contributed by atoms with Gasteiger partial charge in [0.2, 0.25) is 12.0 Å². The van der Waals surface area contributed by atoms with Gasteiger partial charge in [0, 0.05) is 30.9 Å². The van der Waals surface area contributed by atoms with Gasteiger partial charge in [0.1, 0.15) is 17.7 Å². The Labute approximate surface area is 224 Å². The lowest BCUT2D eigenvalue weighted by Crippen LogP contribution is -2.39. The second-order valence-corrected chi connectivity index (χ2v) is 9.89. The number of hydrogen-bond donors (Lipinski definition) is 4. The first-order chi connectivity index (χ1) is 17.4. The zero-order valence-electron chi connectivity index (χ0n) is 19.3. The summed E-state index contributed by atoms with van der Waals surface area (Å²) >= 11 is 19.5. The fraction of sp³-hybridized carbons (Fsp3) is 0.286. The molecule has 0 saturated heterocycles. The van der Waals surface area contributed by atoms with E-state index < -0.39 is 31.9 Å². The van der Waals surface area contributed by atoms with Crippen molar-refractivity contribution in [3.05, 3.63) is 55.4 Å². The van der Waals surface area contributed by atoms with Crippen molar-refractivity contribution in [2.45, 2.75) is 13.0 Å². The quantitative estimate of drug-likeness (QED) is 0.202. The van der Waals surface area contributed by atoms with Gasteiger partial charge in [-0.25, -0.2) is 9.55 Å². The fourth-order valence-electron chi connectivity index (χ4n) is 3.41. The summed E-state index contributed by atoms with van der Waals surface area (Å²) < 4.78 is 27.6. The molecule has 1 amide bonds. The van der Waals surface area contributed by atoms with E-state index in [-0.39, 0.29) is 56.5 Å². The molecule has 12 nitrogen and oxygen atoms in total. The van der Waals surface area contributed by atoms with Crippen LogP contribution < -0.4 is 20.2 Å². The van der Waals surface area contributed by atoms with Crippen molar-refractivity contribution in [3.8, 4) is 17.3 Å². The molecule has 4 N–H and O–H groups in total. The number of aryl methyl sites for hydroxylation is 1. The molecule has 0 aliphatic rings. The minimum absolute atomic E-state index is 0.0469. The molecule has 16 heteroatoms. The van der Waals surface area contributed by atoms with Gasteiger partial charge < -0.3 is 34.3 Å². The summed E-state index contributed by atoms with van der Waals surface area (Å²) in [6.45, 7) is 0.354. The number of phosphoric acid groups is 1. The van der Waals surface area contributed by atoms with E-state index in [2.05, 4.69) is 14.8 Å². The number of fused-ring (bicyclic) bond motifs is 1. The largest absolute Gasteiger partial charge is 0.491 e. The number of phosphoric ester groups is 1. The third-order valence-electron chi connectivity index (χ3n) is 4.92.